The maximum absolute atomic E-state index is 14.2. The molecule has 25 heavy (non-hydrogen) atoms. The highest BCUT2D eigenvalue weighted by Gasteiger charge is 2.30. The number of hydrogen-bond acceptors (Lipinski definition) is 4. The molecular formula is C17H16F2N2O3S. The van der Waals surface area contributed by atoms with Crippen molar-refractivity contribution in [2.75, 3.05) is 11.0 Å². The van der Waals surface area contributed by atoms with Gasteiger partial charge >= 0.3 is 0 Å². The van der Waals surface area contributed by atoms with Crippen LogP contribution in [0.5, 0.6) is 5.75 Å². The van der Waals surface area contributed by atoms with Gasteiger partial charge in [0.25, 0.3) is 0 Å². The molecule has 1 aliphatic heterocycles. The van der Waals surface area contributed by atoms with Gasteiger partial charge in [-0.1, -0.05) is 0 Å². The van der Waals surface area contributed by atoms with E-state index in [2.05, 4.69) is 9.71 Å². The number of hydrogen-bond donors (Lipinski definition) is 1. The lowest BCUT2D eigenvalue weighted by atomic mass is 9.98. The summed E-state index contributed by atoms with van der Waals surface area (Å²) in [5.41, 5.74) is 0.270. The van der Waals surface area contributed by atoms with Crippen LogP contribution in [-0.4, -0.2) is 26.1 Å². The van der Waals surface area contributed by atoms with E-state index in [0.29, 0.717) is 22.7 Å². The topological polar surface area (TPSA) is 67.8 Å². The molecule has 0 saturated carbocycles. The molecule has 0 saturated heterocycles. The Morgan fingerprint density at radius 3 is 2.40 bits per heavy atom. The second kappa shape index (κ2) is 5.80. The predicted molar refractivity (Wildman–Crippen MR) is 91.6 cm³/mol. The van der Waals surface area contributed by atoms with Gasteiger partial charge in [0.1, 0.15) is 17.4 Å². The van der Waals surface area contributed by atoms with Crippen molar-refractivity contribution < 1.29 is 21.9 Å². The van der Waals surface area contributed by atoms with Gasteiger partial charge in [0.15, 0.2) is 5.72 Å². The summed E-state index contributed by atoms with van der Waals surface area (Å²) in [6, 6.07) is 7.88. The Morgan fingerprint density at radius 1 is 1.08 bits per heavy atom. The smallest absolute Gasteiger partial charge is 0.229 e. The van der Waals surface area contributed by atoms with Crippen LogP contribution in [0, 0.1) is 11.6 Å². The van der Waals surface area contributed by atoms with Crippen molar-refractivity contribution in [1.29, 1.82) is 0 Å². The maximum atomic E-state index is 14.2. The first-order chi connectivity index (χ1) is 11.5. The lowest BCUT2D eigenvalue weighted by Gasteiger charge is -2.30. The molecule has 8 heteroatoms. The van der Waals surface area contributed by atoms with Crippen LogP contribution in [0.1, 0.15) is 25.0 Å². The number of ether oxygens (including phenoxy) is 1. The van der Waals surface area contributed by atoms with Crippen LogP contribution in [0.3, 0.4) is 0 Å². The molecule has 0 atom stereocenters. The Balaban J connectivity index is 2.14. The first-order valence-corrected chi connectivity index (χ1v) is 9.30. The number of halogens is 2. The molecule has 0 aliphatic carbocycles. The number of fused-ring (bicyclic) bond motifs is 1. The molecular weight excluding hydrogens is 350 g/mol. The van der Waals surface area contributed by atoms with Crippen LogP contribution in [0.4, 0.5) is 14.5 Å². The minimum absolute atomic E-state index is 0.142. The lowest BCUT2D eigenvalue weighted by Crippen LogP contribution is -2.32. The van der Waals surface area contributed by atoms with Crippen molar-refractivity contribution in [1.82, 2.24) is 0 Å². The Bertz CT molecular complexity index is 985. The number of nitrogens with zero attached hydrogens (tertiary/aromatic N) is 1. The van der Waals surface area contributed by atoms with E-state index in [4.69, 9.17) is 4.74 Å². The minimum Gasteiger partial charge on any atom is -0.466 e. The van der Waals surface area contributed by atoms with Crippen LogP contribution in [-0.2, 0) is 10.0 Å². The maximum Gasteiger partial charge on any atom is 0.229 e. The first-order valence-electron chi connectivity index (χ1n) is 7.41. The van der Waals surface area contributed by atoms with Crippen molar-refractivity contribution in [3.8, 4) is 5.75 Å². The standard InChI is InChI=1S/C17H16F2N2O3S/c1-17(2)20-16(12-6-4-10(18)8-14(12)19)13-7-5-11(9-15(13)24-17)21-25(3,22)23/h4-9,21H,1-3H3. The van der Waals surface area contributed by atoms with Gasteiger partial charge in [-0.05, 0) is 38.1 Å². The Morgan fingerprint density at radius 2 is 1.76 bits per heavy atom. The van der Waals surface area contributed by atoms with E-state index < -0.39 is 27.4 Å². The Kier molecular flexibility index (Phi) is 4.03. The van der Waals surface area contributed by atoms with Crippen LogP contribution >= 0.6 is 0 Å². The van der Waals surface area contributed by atoms with E-state index in [-0.39, 0.29) is 5.56 Å². The molecule has 132 valence electrons. The number of aliphatic imine (C=N–C) groups is 1. The zero-order valence-corrected chi connectivity index (χ0v) is 14.6. The second-order valence-electron chi connectivity index (χ2n) is 6.22. The second-order valence-corrected chi connectivity index (χ2v) is 7.97. The average Bonchev–Trinajstić information content (AvgIpc) is 2.43. The first kappa shape index (κ1) is 17.3. The van der Waals surface area contributed by atoms with E-state index in [9.17, 15) is 17.2 Å². The highest BCUT2D eigenvalue weighted by Crippen LogP contribution is 2.35. The van der Waals surface area contributed by atoms with Crippen molar-refractivity contribution in [3.63, 3.8) is 0 Å². The summed E-state index contributed by atoms with van der Waals surface area (Å²) in [7, 11) is -3.45. The molecule has 3 rings (SSSR count). The summed E-state index contributed by atoms with van der Waals surface area (Å²) in [4.78, 5) is 4.41. The summed E-state index contributed by atoms with van der Waals surface area (Å²) in [6.07, 6.45) is 1.04. The van der Waals surface area contributed by atoms with E-state index >= 15 is 0 Å². The number of sulfonamides is 1. The molecule has 0 amide bonds. The van der Waals surface area contributed by atoms with E-state index in [1.54, 1.807) is 19.9 Å². The highest BCUT2D eigenvalue weighted by molar-refractivity contribution is 7.92. The largest absolute Gasteiger partial charge is 0.466 e. The number of anilines is 1. The quantitative estimate of drug-likeness (QED) is 0.906. The van der Waals surface area contributed by atoms with Crippen molar-refractivity contribution >= 4 is 21.4 Å². The summed E-state index contributed by atoms with van der Waals surface area (Å²) >= 11 is 0. The van der Waals surface area contributed by atoms with E-state index in [1.807, 2.05) is 0 Å². The summed E-state index contributed by atoms with van der Waals surface area (Å²) in [5.74, 6) is -1.06. The van der Waals surface area contributed by atoms with Crippen LogP contribution in [0.15, 0.2) is 41.4 Å². The Labute approximate surface area is 144 Å². The van der Waals surface area contributed by atoms with Crippen LogP contribution in [0.2, 0.25) is 0 Å². The zero-order chi connectivity index (χ0) is 18.4. The molecule has 1 heterocycles. The summed E-state index contributed by atoms with van der Waals surface area (Å²) in [6.45, 7) is 3.38. The molecule has 5 nitrogen and oxygen atoms in total. The molecule has 1 N–H and O–H groups in total. The van der Waals surface area contributed by atoms with Gasteiger partial charge in [0.05, 0.1) is 17.7 Å². The monoisotopic (exact) mass is 366 g/mol. The third kappa shape index (κ3) is 3.79. The SMILES string of the molecule is CC1(C)N=C(c2ccc(F)cc2F)c2ccc(NS(C)(=O)=O)cc2O1. The van der Waals surface area contributed by atoms with Crippen LogP contribution in [0.25, 0.3) is 0 Å². The van der Waals surface area contributed by atoms with Gasteiger partial charge in [0.2, 0.25) is 10.0 Å². The van der Waals surface area contributed by atoms with Crippen molar-refractivity contribution in [2.24, 2.45) is 4.99 Å². The fraction of sp³-hybridized carbons (Fsp3) is 0.235. The van der Waals surface area contributed by atoms with Gasteiger partial charge < -0.3 is 4.74 Å². The lowest BCUT2D eigenvalue weighted by molar-refractivity contribution is 0.115. The van der Waals surface area contributed by atoms with Gasteiger partial charge in [-0.15, -0.1) is 0 Å². The molecule has 0 radical (unpaired) electrons. The highest BCUT2D eigenvalue weighted by atomic mass is 32.2. The van der Waals surface area contributed by atoms with Crippen molar-refractivity contribution in [2.45, 2.75) is 19.6 Å². The molecule has 1 aliphatic rings. The normalized spacial score (nSPS) is 15.8. The molecule has 2 aromatic carbocycles. The van der Waals surface area contributed by atoms with E-state index in [1.165, 1.54) is 18.2 Å². The van der Waals surface area contributed by atoms with Crippen LogP contribution < -0.4 is 9.46 Å². The molecule has 0 aromatic heterocycles. The summed E-state index contributed by atoms with van der Waals surface area (Å²) < 4.78 is 58.4. The zero-order valence-electron chi connectivity index (χ0n) is 13.8. The number of rotatable bonds is 3. The summed E-state index contributed by atoms with van der Waals surface area (Å²) in [5, 5.41) is 0. The molecule has 0 bridgehead atoms. The average molecular weight is 366 g/mol. The third-order valence-electron chi connectivity index (χ3n) is 3.47. The number of nitrogens with one attached hydrogen (secondary N) is 1. The van der Waals surface area contributed by atoms with E-state index in [0.717, 1.165) is 18.4 Å². The van der Waals surface area contributed by atoms with Gasteiger partial charge in [-0.2, -0.15) is 0 Å². The van der Waals surface area contributed by atoms with Gasteiger partial charge in [-0.25, -0.2) is 22.2 Å². The molecule has 0 fully saturated rings. The number of benzene rings is 2. The third-order valence-corrected chi connectivity index (χ3v) is 4.07. The molecule has 0 unspecified atom stereocenters. The fourth-order valence-electron chi connectivity index (χ4n) is 2.59. The molecule has 0 spiro atoms. The molecule has 2 aromatic rings. The predicted octanol–water partition coefficient (Wildman–Crippen LogP) is 3.30. The van der Waals surface area contributed by atoms with Crippen molar-refractivity contribution in [3.05, 3.63) is 59.2 Å². The Hall–Kier alpha value is -2.48. The van der Waals surface area contributed by atoms with Gasteiger partial charge in [0, 0.05) is 23.3 Å². The minimum atomic E-state index is -3.45. The fourth-order valence-corrected chi connectivity index (χ4v) is 3.14. The van der Waals surface area contributed by atoms with Gasteiger partial charge in [-0.3, -0.25) is 4.72 Å².